The number of aromatic amines is 1. The van der Waals surface area contributed by atoms with Gasteiger partial charge in [0.1, 0.15) is 0 Å². The fourth-order valence-corrected chi connectivity index (χ4v) is 3.51. The van der Waals surface area contributed by atoms with Gasteiger partial charge >= 0.3 is 0 Å². The molecule has 2 rings (SSSR count). The highest BCUT2D eigenvalue weighted by Crippen LogP contribution is 2.25. The van der Waals surface area contributed by atoms with E-state index in [1.54, 1.807) is 13.0 Å². The van der Waals surface area contributed by atoms with Crippen LogP contribution in [0.25, 0.3) is 0 Å². The molecule has 10 heteroatoms. The lowest BCUT2D eigenvalue weighted by molar-refractivity contribution is 0.281. The van der Waals surface area contributed by atoms with Gasteiger partial charge in [-0.15, -0.1) is 10.2 Å². The maximum Gasteiger partial charge on any atom is 0.241 e. The first-order valence-electron chi connectivity index (χ1n) is 5.56. The zero-order valence-electron chi connectivity index (χ0n) is 10.5. The average Bonchev–Trinajstić information content (AvgIpc) is 2.92. The molecule has 0 amide bonds. The van der Waals surface area contributed by atoms with E-state index in [0.717, 1.165) is 0 Å². The lowest BCUT2D eigenvalue weighted by Crippen LogP contribution is -2.25. The van der Waals surface area contributed by atoms with Gasteiger partial charge in [0.2, 0.25) is 10.0 Å². The van der Waals surface area contributed by atoms with Crippen molar-refractivity contribution in [2.75, 3.05) is 0 Å². The van der Waals surface area contributed by atoms with E-state index in [4.69, 9.17) is 5.11 Å². The topological polar surface area (TPSA) is 121 Å². The Kier molecular flexibility index (Phi) is 4.48. The van der Waals surface area contributed by atoms with Crippen LogP contribution >= 0.6 is 15.9 Å². The summed E-state index contributed by atoms with van der Waals surface area (Å²) in [5, 5.41) is 22.1. The van der Waals surface area contributed by atoms with Gasteiger partial charge in [-0.05, 0) is 30.2 Å². The van der Waals surface area contributed by atoms with Crippen LogP contribution in [0.4, 0.5) is 0 Å². The fourth-order valence-electron chi connectivity index (χ4n) is 1.57. The minimum absolute atomic E-state index is 0.0702. The van der Waals surface area contributed by atoms with Gasteiger partial charge in [0.25, 0.3) is 0 Å². The summed E-state index contributed by atoms with van der Waals surface area (Å²) < 4.78 is 27.5. The molecule has 0 unspecified atom stereocenters. The van der Waals surface area contributed by atoms with Crippen LogP contribution in [-0.2, 0) is 23.2 Å². The number of hydrogen-bond acceptors (Lipinski definition) is 6. The Morgan fingerprint density at radius 1 is 1.45 bits per heavy atom. The Morgan fingerprint density at radius 3 is 2.80 bits per heavy atom. The molecule has 0 aliphatic rings. The van der Waals surface area contributed by atoms with Crippen LogP contribution in [-0.4, -0.2) is 34.1 Å². The van der Waals surface area contributed by atoms with Crippen molar-refractivity contribution in [3.63, 3.8) is 0 Å². The molecule has 20 heavy (non-hydrogen) atoms. The van der Waals surface area contributed by atoms with Crippen LogP contribution in [0.15, 0.2) is 21.5 Å². The van der Waals surface area contributed by atoms with Gasteiger partial charge in [0.05, 0.1) is 18.0 Å². The average molecular weight is 362 g/mol. The first-order valence-corrected chi connectivity index (χ1v) is 7.83. The molecule has 0 saturated carbocycles. The predicted octanol–water partition coefficient (Wildman–Crippen LogP) is 0.241. The van der Waals surface area contributed by atoms with Gasteiger partial charge < -0.3 is 5.11 Å². The number of nitrogens with one attached hydrogen (secondary N) is 2. The molecule has 1 aromatic heterocycles. The summed E-state index contributed by atoms with van der Waals surface area (Å²) in [6.07, 6.45) is 0. The summed E-state index contributed by atoms with van der Waals surface area (Å²) in [4.78, 5) is 0.0967. The first-order chi connectivity index (χ1) is 9.44. The zero-order valence-corrected chi connectivity index (χ0v) is 12.9. The van der Waals surface area contributed by atoms with Crippen molar-refractivity contribution < 1.29 is 13.5 Å². The molecule has 0 spiro atoms. The Balaban J connectivity index is 2.31. The standard InChI is InChI=1S/C10H12BrN5O3S/c1-6-8(11)2-7(5-17)3-9(6)20(18,19)12-4-10-13-15-16-14-10/h2-3,12,17H,4-5H2,1H3,(H,13,14,15,16). The number of benzene rings is 1. The van der Waals surface area contributed by atoms with Crippen molar-refractivity contribution in [3.05, 3.63) is 33.6 Å². The number of nitrogens with zero attached hydrogens (tertiary/aromatic N) is 3. The van der Waals surface area contributed by atoms with E-state index in [1.807, 2.05) is 0 Å². The fraction of sp³-hybridized carbons (Fsp3) is 0.300. The predicted molar refractivity (Wildman–Crippen MR) is 73.0 cm³/mol. The molecular formula is C10H12BrN5O3S. The number of sulfonamides is 1. The molecule has 1 aromatic carbocycles. The van der Waals surface area contributed by atoms with Gasteiger partial charge in [0.15, 0.2) is 5.82 Å². The Morgan fingerprint density at radius 2 is 2.20 bits per heavy atom. The molecule has 0 fully saturated rings. The lowest BCUT2D eigenvalue weighted by Gasteiger charge is -2.11. The highest BCUT2D eigenvalue weighted by atomic mass is 79.9. The van der Waals surface area contributed by atoms with E-state index in [0.29, 0.717) is 15.6 Å². The molecule has 0 aliphatic carbocycles. The van der Waals surface area contributed by atoms with Crippen LogP contribution in [0.5, 0.6) is 0 Å². The summed E-state index contributed by atoms with van der Waals surface area (Å²) >= 11 is 3.28. The quantitative estimate of drug-likeness (QED) is 0.701. The maximum atomic E-state index is 12.3. The zero-order chi connectivity index (χ0) is 14.8. The third kappa shape index (κ3) is 3.20. The van der Waals surface area contributed by atoms with E-state index in [2.05, 4.69) is 41.3 Å². The number of tetrazole rings is 1. The van der Waals surface area contributed by atoms with Crippen molar-refractivity contribution in [3.8, 4) is 0 Å². The number of aliphatic hydroxyl groups is 1. The normalized spacial score (nSPS) is 11.8. The van der Waals surface area contributed by atoms with Crippen LogP contribution in [0.3, 0.4) is 0 Å². The second-order valence-corrected chi connectivity index (χ2v) is 6.60. The van der Waals surface area contributed by atoms with E-state index in [-0.39, 0.29) is 23.9 Å². The van der Waals surface area contributed by atoms with Gasteiger partial charge in [-0.3, -0.25) is 0 Å². The largest absolute Gasteiger partial charge is 0.392 e. The Labute approximate surface area is 123 Å². The SMILES string of the molecule is Cc1c(Br)cc(CO)cc1S(=O)(=O)NCc1nn[nH]n1. The minimum Gasteiger partial charge on any atom is -0.392 e. The molecule has 0 atom stereocenters. The van der Waals surface area contributed by atoms with Gasteiger partial charge in [-0.25, -0.2) is 13.1 Å². The smallest absolute Gasteiger partial charge is 0.241 e. The number of H-pyrrole nitrogens is 1. The molecule has 0 bridgehead atoms. The van der Waals surface area contributed by atoms with Gasteiger partial charge in [-0.2, -0.15) is 5.21 Å². The van der Waals surface area contributed by atoms with Gasteiger partial charge in [0, 0.05) is 4.47 Å². The maximum absolute atomic E-state index is 12.3. The summed E-state index contributed by atoms with van der Waals surface area (Å²) in [6, 6.07) is 3.10. The summed E-state index contributed by atoms with van der Waals surface area (Å²) in [5.74, 6) is 0.239. The molecule has 0 radical (unpaired) electrons. The Bertz CT molecular complexity index is 702. The summed E-state index contributed by atoms with van der Waals surface area (Å²) in [7, 11) is -3.73. The number of halogens is 1. The van der Waals surface area contributed by atoms with Crippen molar-refractivity contribution in [1.82, 2.24) is 25.3 Å². The number of rotatable bonds is 5. The second kappa shape index (κ2) is 5.95. The van der Waals surface area contributed by atoms with Crippen molar-refractivity contribution in [1.29, 1.82) is 0 Å². The highest BCUT2D eigenvalue weighted by molar-refractivity contribution is 9.10. The van der Waals surface area contributed by atoms with Crippen molar-refractivity contribution in [2.24, 2.45) is 0 Å². The number of aromatic nitrogens is 4. The Hall–Kier alpha value is -1.36. The van der Waals surface area contributed by atoms with E-state index in [9.17, 15) is 8.42 Å². The number of hydrogen-bond donors (Lipinski definition) is 3. The van der Waals surface area contributed by atoms with Crippen LogP contribution in [0, 0.1) is 6.92 Å². The highest BCUT2D eigenvalue weighted by Gasteiger charge is 2.19. The summed E-state index contributed by atoms with van der Waals surface area (Å²) in [5.41, 5.74) is 1.06. The third-order valence-electron chi connectivity index (χ3n) is 2.64. The first kappa shape index (κ1) is 15.0. The molecule has 1 heterocycles. The van der Waals surface area contributed by atoms with Crippen molar-refractivity contribution in [2.45, 2.75) is 25.0 Å². The molecule has 0 saturated heterocycles. The second-order valence-electron chi connectivity index (χ2n) is 4.01. The summed E-state index contributed by atoms with van der Waals surface area (Å²) in [6.45, 7) is 1.36. The van der Waals surface area contributed by atoms with E-state index < -0.39 is 10.0 Å². The lowest BCUT2D eigenvalue weighted by atomic mass is 10.2. The van der Waals surface area contributed by atoms with Gasteiger partial charge in [-0.1, -0.05) is 21.1 Å². The van der Waals surface area contributed by atoms with Crippen LogP contribution < -0.4 is 4.72 Å². The minimum atomic E-state index is -3.73. The molecule has 3 N–H and O–H groups in total. The van der Waals surface area contributed by atoms with E-state index >= 15 is 0 Å². The van der Waals surface area contributed by atoms with Crippen molar-refractivity contribution >= 4 is 26.0 Å². The number of aliphatic hydroxyl groups excluding tert-OH is 1. The molecular weight excluding hydrogens is 350 g/mol. The molecule has 8 nitrogen and oxygen atoms in total. The monoisotopic (exact) mass is 361 g/mol. The molecule has 0 aliphatic heterocycles. The third-order valence-corrected chi connectivity index (χ3v) is 4.99. The van der Waals surface area contributed by atoms with Crippen LogP contribution in [0.1, 0.15) is 17.0 Å². The van der Waals surface area contributed by atoms with E-state index in [1.165, 1.54) is 6.07 Å². The molecule has 108 valence electrons. The van der Waals surface area contributed by atoms with Crippen LogP contribution in [0.2, 0.25) is 0 Å². The molecule has 2 aromatic rings.